The van der Waals surface area contributed by atoms with Gasteiger partial charge in [-0.15, -0.1) is 0 Å². The van der Waals surface area contributed by atoms with Crippen LogP contribution in [0.2, 0.25) is 0 Å². The molecule has 0 aromatic rings. The molecule has 1 N–H and O–H groups in total. The van der Waals surface area contributed by atoms with Gasteiger partial charge in [-0.2, -0.15) is 0 Å². The molecule has 0 bridgehead atoms. The second kappa shape index (κ2) is 4.10. The van der Waals surface area contributed by atoms with Crippen molar-refractivity contribution in [3.05, 3.63) is 0 Å². The van der Waals surface area contributed by atoms with Crippen LogP contribution >= 0.6 is 0 Å². The fraction of sp³-hybridized carbons (Fsp3) is 0.700. The highest BCUT2D eigenvalue weighted by Gasteiger charge is 2.31. The molecule has 5 nitrogen and oxygen atoms in total. The van der Waals surface area contributed by atoms with Gasteiger partial charge in [-0.3, -0.25) is 24.6 Å². The first-order valence-electron chi connectivity index (χ1n) is 5.23. The van der Waals surface area contributed by atoms with Crippen LogP contribution in [0.25, 0.3) is 0 Å². The number of nitrogens with one attached hydrogen (secondary N) is 1. The van der Waals surface area contributed by atoms with E-state index in [1.54, 1.807) is 0 Å². The zero-order valence-electron chi connectivity index (χ0n) is 8.49. The molecule has 0 aromatic carbocycles. The lowest BCUT2D eigenvalue weighted by atomic mass is 10.00. The van der Waals surface area contributed by atoms with Gasteiger partial charge >= 0.3 is 0 Å². The highest BCUT2D eigenvalue weighted by atomic mass is 16.2. The summed E-state index contributed by atoms with van der Waals surface area (Å²) < 4.78 is 0. The summed E-state index contributed by atoms with van der Waals surface area (Å²) in [5, 5.41) is 2.29. The van der Waals surface area contributed by atoms with E-state index in [1.807, 2.05) is 0 Å². The number of amides is 2. The van der Waals surface area contributed by atoms with E-state index in [2.05, 4.69) is 10.2 Å². The molecule has 0 aromatic heterocycles. The molecule has 0 aliphatic carbocycles. The molecule has 2 aliphatic rings. The van der Waals surface area contributed by atoms with E-state index in [9.17, 15) is 14.4 Å². The second-order valence-electron chi connectivity index (χ2n) is 4.11. The Morgan fingerprint density at radius 2 is 1.53 bits per heavy atom. The molecule has 2 heterocycles. The summed E-state index contributed by atoms with van der Waals surface area (Å²) in [5.41, 5.74) is 0. The third-order valence-corrected chi connectivity index (χ3v) is 2.99. The molecule has 2 amide bonds. The minimum absolute atomic E-state index is 0.000602. The lowest BCUT2D eigenvalue weighted by Crippen LogP contribution is -2.50. The number of nitrogens with zero attached hydrogens (tertiary/aromatic N) is 1. The maximum absolute atomic E-state index is 11.2. The van der Waals surface area contributed by atoms with Crippen LogP contribution in [0, 0.1) is 0 Å². The van der Waals surface area contributed by atoms with E-state index in [1.165, 1.54) is 0 Å². The number of carbonyl (C=O) groups is 3. The first-order valence-corrected chi connectivity index (χ1v) is 5.23. The van der Waals surface area contributed by atoms with E-state index >= 15 is 0 Å². The van der Waals surface area contributed by atoms with Crippen molar-refractivity contribution < 1.29 is 14.4 Å². The summed E-state index contributed by atoms with van der Waals surface area (Å²) in [5.74, 6) is -0.126. The molecule has 0 unspecified atom stereocenters. The van der Waals surface area contributed by atoms with Gasteiger partial charge in [0, 0.05) is 44.8 Å². The predicted octanol–water partition coefficient (Wildman–Crippen LogP) is -0.544. The number of ketones is 1. The van der Waals surface area contributed by atoms with Crippen LogP contribution in [0.4, 0.5) is 0 Å². The van der Waals surface area contributed by atoms with Crippen LogP contribution < -0.4 is 5.32 Å². The van der Waals surface area contributed by atoms with Crippen molar-refractivity contribution in [3.8, 4) is 0 Å². The fourth-order valence-corrected chi connectivity index (χ4v) is 2.15. The minimum Gasteiger partial charge on any atom is -0.300 e. The number of carbonyl (C=O) groups excluding carboxylic acids is 3. The molecule has 82 valence electrons. The number of likely N-dealkylation sites (tertiary alicyclic amines) is 1. The lowest BCUT2D eigenvalue weighted by Gasteiger charge is -2.35. The Balaban J connectivity index is 1.95. The van der Waals surface area contributed by atoms with Crippen molar-refractivity contribution >= 4 is 17.6 Å². The highest BCUT2D eigenvalue weighted by Crippen LogP contribution is 2.17. The third kappa shape index (κ3) is 2.41. The Bertz CT molecular complexity index is 288. The van der Waals surface area contributed by atoms with Gasteiger partial charge in [0.1, 0.15) is 5.78 Å². The highest BCUT2D eigenvalue weighted by molar-refractivity contribution is 5.98. The molecular weight excluding hydrogens is 196 g/mol. The lowest BCUT2D eigenvalue weighted by molar-refractivity contribution is -0.135. The van der Waals surface area contributed by atoms with Crippen LogP contribution in [0.5, 0.6) is 0 Å². The van der Waals surface area contributed by atoms with Crippen LogP contribution in [0.1, 0.15) is 25.7 Å². The van der Waals surface area contributed by atoms with Gasteiger partial charge < -0.3 is 0 Å². The third-order valence-electron chi connectivity index (χ3n) is 2.99. The number of hydrogen-bond acceptors (Lipinski definition) is 4. The average molecular weight is 210 g/mol. The molecule has 0 atom stereocenters. The zero-order valence-corrected chi connectivity index (χ0v) is 8.49. The molecule has 0 spiro atoms. The Kier molecular flexibility index (Phi) is 2.81. The summed E-state index contributed by atoms with van der Waals surface area (Å²) in [6, 6.07) is -0.000602. The summed E-state index contributed by atoms with van der Waals surface area (Å²) in [6.07, 6.45) is 1.85. The Morgan fingerprint density at radius 3 is 2.07 bits per heavy atom. The minimum atomic E-state index is -0.201. The second-order valence-corrected chi connectivity index (χ2v) is 4.11. The van der Waals surface area contributed by atoms with Crippen LogP contribution in [-0.4, -0.2) is 41.6 Å². The van der Waals surface area contributed by atoms with Crippen LogP contribution in [-0.2, 0) is 14.4 Å². The van der Waals surface area contributed by atoms with Crippen molar-refractivity contribution in [2.75, 3.05) is 13.1 Å². The van der Waals surface area contributed by atoms with E-state index in [0.29, 0.717) is 38.8 Å². The molecule has 2 aliphatic heterocycles. The van der Waals surface area contributed by atoms with Gasteiger partial charge in [0.05, 0.1) is 0 Å². The van der Waals surface area contributed by atoms with E-state index < -0.39 is 0 Å². The van der Waals surface area contributed by atoms with Crippen molar-refractivity contribution in [2.45, 2.75) is 31.7 Å². The van der Waals surface area contributed by atoms with E-state index in [0.717, 1.165) is 0 Å². The van der Waals surface area contributed by atoms with Crippen LogP contribution in [0.15, 0.2) is 0 Å². The molecule has 2 saturated heterocycles. The number of imide groups is 1. The summed E-state index contributed by atoms with van der Waals surface area (Å²) in [6.45, 7) is 1.37. The summed E-state index contributed by atoms with van der Waals surface area (Å²) in [7, 11) is 0. The van der Waals surface area contributed by atoms with E-state index in [-0.39, 0.29) is 23.6 Å². The number of piperidine rings is 2. The smallest absolute Gasteiger partial charge is 0.228 e. The standard InChI is InChI=1S/C10H14N2O3/c13-8-1-3-12(4-2-8)7-5-9(14)11-10(15)6-7/h7H,1-6H2,(H,11,14,15). The van der Waals surface area contributed by atoms with Crippen molar-refractivity contribution in [1.29, 1.82) is 0 Å². The maximum atomic E-state index is 11.2. The van der Waals surface area contributed by atoms with Gasteiger partial charge in [-0.05, 0) is 0 Å². The van der Waals surface area contributed by atoms with Crippen molar-refractivity contribution in [2.24, 2.45) is 0 Å². The topological polar surface area (TPSA) is 66.5 Å². The Morgan fingerprint density at radius 1 is 1.00 bits per heavy atom. The van der Waals surface area contributed by atoms with Gasteiger partial charge in [0.2, 0.25) is 11.8 Å². The molecule has 0 saturated carbocycles. The SMILES string of the molecule is O=C1CCN(C2CC(=O)NC(=O)C2)CC1. The van der Waals surface area contributed by atoms with Gasteiger partial charge in [-0.1, -0.05) is 0 Å². The van der Waals surface area contributed by atoms with Crippen molar-refractivity contribution in [3.63, 3.8) is 0 Å². The molecule has 2 rings (SSSR count). The zero-order chi connectivity index (χ0) is 10.8. The number of Topliss-reactive ketones (excluding diaryl/α,β-unsaturated/α-hetero) is 1. The first-order chi connectivity index (χ1) is 7.15. The average Bonchev–Trinajstić information content (AvgIpc) is 2.17. The summed E-state index contributed by atoms with van der Waals surface area (Å²) in [4.78, 5) is 35.5. The predicted molar refractivity (Wildman–Crippen MR) is 52.0 cm³/mol. The van der Waals surface area contributed by atoms with E-state index in [4.69, 9.17) is 0 Å². The van der Waals surface area contributed by atoms with Gasteiger partial charge in [0.25, 0.3) is 0 Å². The quantitative estimate of drug-likeness (QED) is 0.590. The fourth-order valence-electron chi connectivity index (χ4n) is 2.15. The van der Waals surface area contributed by atoms with Gasteiger partial charge in [-0.25, -0.2) is 0 Å². The normalized spacial score (nSPS) is 25.5. The monoisotopic (exact) mass is 210 g/mol. The molecule has 5 heteroatoms. The number of rotatable bonds is 1. The van der Waals surface area contributed by atoms with Crippen molar-refractivity contribution in [1.82, 2.24) is 10.2 Å². The molecule has 2 fully saturated rings. The largest absolute Gasteiger partial charge is 0.300 e. The first kappa shape index (κ1) is 10.3. The Hall–Kier alpha value is -1.23. The molecule has 0 radical (unpaired) electrons. The van der Waals surface area contributed by atoms with Crippen LogP contribution in [0.3, 0.4) is 0 Å². The molecular formula is C10H14N2O3. The summed E-state index contributed by atoms with van der Waals surface area (Å²) >= 11 is 0. The Labute approximate surface area is 87.8 Å². The maximum Gasteiger partial charge on any atom is 0.228 e. The number of hydrogen-bond donors (Lipinski definition) is 1. The molecule has 15 heavy (non-hydrogen) atoms. The van der Waals surface area contributed by atoms with Gasteiger partial charge in [0.15, 0.2) is 0 Å².